The van der Waals surface area contributed by atoms with E-state index in [4.69, 9.17) is 11.6 Å². The van der Waals surface area contributed by atoms with E-state index in [0.29, 0.717) is 0 Å². The van der Waals surface area contributed by atoms with Gasteiger partial charge in [-0.2, -0.15) is 0 Å². The molecule has 1 aliphatic rings. The number of rotatable bonds is 3. The molecule has 2 rings (SSSR count). The van der Waals surface area contributed by atoms with Crippen LogP contribution in [0.4, 0.5) is 0 Å². The lowest BCUT2D eigenvalue weighted by molar-refractivity contribution is -0.133. The molecule has 0 aliphatic carbocycles. The Bertz CT molecular complexity index is 416. The molecular formula is C14H19ClN2O. The van der Waals surface area contributed by atoms with Gasteiger partial charge in [0.1, 0.15) is 0 Å². The zero-order valence-electron chi connectivity index (χ0n) is 10.9. The normalized spacial score (nSPS) is 20.1. The summed E-state index contributed by atoms with van der Waals surface area (Å²) in [6.45, 7) is 1.81. The fraction of sp³-hybridized carbons (Fsp3) is 0.500. The molecule has 1 atom stereocenters. The summed E-state index contributed by atoms with van der Waals surface area (Å²) in [7, 11) is 3.64. The minimum absolute atomic E-state index is 0.0377. The van der Waals surface area contributed by atoms with Gasteiger partial charge >= 0.3 is 0 Å². The van der Waals surface area contributed by atoms with Gasteiger partial charge in [-0.1, -0.05) is 23.7 Å². The van der Waals surface area contributed by atoms with Crippen molar-refractivity contribution in [3.8, 4) is 0 Å². The first kappa shape index (κ1) is 13.4. The number of amides is 1. The third-order valence-corrected chi connectivity index (χ3v) is 3.64. The van der Waals surface area contributed by atoms with Crippen molar-refractivity contribution in [3.05, 3.63) is 34.9 Å². The maximum atomic E-state index is 12.1. The van der Waals surface area contributed by atoms with E-state index in [9.17, 15) is 4.79 Å². The summed E-state index contributed by atoms with van der Waals surface area (Å²) in [6, 6.07) is 7.89. The molecule has 1 aromatic rings. The van der Waals surface area contributed by atoms with E-state index < -0.39 is 0 Å². The summed E-state index contributed by atoms with van der Waals surface area (Å²) in [5.41, 5.74) is 1.21. The third kappa shape index (κ3) is 3.03. The molecule has 18 heavy (non-hydrogen) atoms. The molecule has 1 heterocycles. The van der Waals surface area contributed by atoms with Crippen molar-refractivity contribution in [1.82, 2.24) is 9.80 Å². The average molecular weight is 267 g/mol. The molecular weight excluding hydrogens is 248 g/mol. The largest absolute Gasteiger partial charge is 0.347 e. The van der Waals surface area contributed by atoms with Crippen molar-refractivity contribution in [2.45, 2.75) is 25.4 Å². The molecule has 0 saturated carbocycles. The van der Waals surface area contributed by atoms with Gasteiger partial charge in [0.2, 0.25) is 5.91 Å². The van der Waals surface area contributed by atoms with Crippen molar-refractivity contribution in [2.75, 3.05) is 20.6 Å². The van der Waals surface area contributed by atoms with Crippen LogP contribution < -0.4 is 0 Å². The Morgan fingerprint density at radius 1 is 1.39 bits per heavy atom. The van der Waals surface area contributed by atoms with E-state index in [-0.39, 0.29) is 11.9 Å². The molecule has 0 unspecified atom stereocenters. The summed E-state index contributed by atoms with van der Waals surface area (Å²) in [6.07, 6.45) is 2.06. The SMILES string of the molecule is CN(C)C(=O)[C@H]1CCCN1Cc1ccc(Cl)cc1. The standard InChI is InChI=1S/C14H19ClN2O/c1-16(2)14(18)13-4-3-9-17(13)10-11-5-7-12(15)8-6-11/h5-8,13H,3-4,9-10H2,1-2H3/t13-/m1/s1. The van der Waals surface area contributed by atoms with Crippen molar-refractivity contribution in [2.24, 2.45) is 0 Å². The molecule has 1 amide bonds. The average Bonchev–Trinajstić information content (AvgIpc) is 2.79. The van der Waals surface area contributed by atoms with Gasteiger partial charge in [-0.3, -0.25) is 9.69 Å². The summed E-state index contributed by atoms with van der Waals surface area (Å²) in [5, 5.41) is 0.751. The minimum Gasteiger partial charge on any atom is -0.347 e. The highest BCUT2D eigenvalue weighted by Crippen LogP contribution is 2.22. The number of nitrogens with zero attached hydrogens (tertiary/aromatic N) is 2. The second-order valence-corrected chi connectivity index (χ2v) is 5.42. The molecule has 1 saturated heterocycles. The van der Waals surface area contributed by atoms with Crippen LogP contribution in [-0.4, -0.2) is 42.4 Å². The van der Waals surface area contributed by atoms with Gasteiger partial charge in [-0.25, -0.2) is 0 Å². The summed E-state index contributed by atoms with van der Waals surface area (Å²) in [4.78, 5) is 16.0. The minimum atomic E-state index is 0.0377. The molecule has 0 radical (unpaired) electrons. The van der Waals surface area contributed by atoms with Crippen LogP contribution in [-0.2, 0) is 11.3 Å². The molecule has 1 aliphatic heterocycles. The maximum Gasteiger partial charge on any atom is 0.239 e. The quantitative estimate of drug-likeness (QED) is 0.839. The highest BCUT2D eigenvalue weighted by molar-refractivity contribution is 6.30. The van der Waals surface area contributed by atoms with E-state index >= 15 is 0 Å². The monoisotopic (exact) mass is 266 g/mol. The van der Waals surface area contributed by atoms with Crippen molar-refractivity contribution >= 4 is 17.5 Å². The number of halogens is 1. The predicted molar refractivity (Wildman–Crippen MR) is 73.6 cm³/mol. The van der Waals surface area contributed by atoms with Crippen LogP contribution in [0, 0.1) is 0 Å². The molecule has 0 bridgehead atoms. The van der Waals surface area contributed by atoms with Crippen LogP contribution in [0.2, 0.25) is 5.02 Å². The first-order chi connectivity index (χ1) is 8.58. The number of likely N-dealkylation sites (N-methyl/N-ethyl adjacent to an activating group) is 1. The number of hydrogen-bond acceptors (Lipinski definition) is 2. The Labute approximate surface area is 113 Å². The number of carbonyl (C=O) groups excluding carboxylic acids is 1. The van der Waals surface area contributed by atoms with Crippen LogP contribution in [0.15, 0.2) is 24.3 Å². The van der Waals surface area contributed by atoms with E-state index in [1.807, 2.05) is 38.4 Å². The Morgan fingerprint density at radius 2 is 2.06 bits per heavy atom. The molecule has 1 fully saturated rings. The van der Waals surface area contributed by atoms with Gasteiger partial charge in [-0.05, 0) is 37.1 Å². The topological polar surface area (TPSA) is 23.6 Å². The fourth-order valence-electron chi connectivity index (χ4n) is 2.42. The van der Waals surface area contributed by atoms with E-state index in [1.165, 1.54) is 5.56 Å². The van der Waals surface area contributed by atoms with Crippen LogP contribution in [0.25, 0.3) is 0 Å². The molecule has 3 nitrogen and oxygen atoms in total. The first-order valence-corrected chi connectivity index (χ1v) is 6.65. The molecule has 98 valence electrons. The summed E-state index contributed by atoms with van der Waals surface area (Å²) < 4.78 is 0. The maximum absolute atomic E-state index is 12.1. The number of hydrogen-bond donors (Lipinski definition) is 0. The molecule has 0 N–H and O–H groups in total. The molecule has 1 aromatic carbocycles. The number of likely N-dealkylation sites (tertiary alicyclic amines) is 1. The van der Waals surface area contributed by atoms with Crippen molar-refractivity contribution in [1.29, 1.82) is 0 Å². The van der Waals surface area contributed by atoms with E-state index in [2.05, 4.69) is 4.90 Å². The fourth-order valence-corrected chi connectivity index (χ4v) is 2.54. The van der Waals surface area contributed by atoms with Gasteiger partial charge in [0.15, 0.2) is 0 Å². The molecule has 4 heteroatoms. The second-order valence-electron chi connectivity index (χ2n) is 4.99. The van der Waals surface area contributed by atoms with Crippen LogP contribution >= 0.6 is 11.6 Å². The summed E-state index contributed by atoms with van der Waals surface area (Å²) >= 11 is 5.87. The zero-order valence-corrected chi connectivity index (χ0v) is 11.7. The second kappa shape index (κ2) is 5.72. The zero-order chi connectivity index (χ0) is 13.1. The number of benzene rings is 1. The first-order valence-electron chi connectivity index (χ1n) is 6.27. The molecule has 0 spiro atoms. The molecule has 0 aromatic heterocycles. The van der Waals surface area contributed by atoms with Gasteiger partial charge < -0.3 is 4.90 Å². The number of carbonyl (C=O) groups is 1. The Hall–Kier alpha value is -1.06. The third-order valence-electron chi connectivity index (χ3n) is 3.39. The lowest BCUT2D eigenvalue weighted by atomic mass is 10.1. The predicted octanol–water partition coefficient (Wildman–Crippen LogP) is 2.39. The van der Waals surface area contributed by atoms with Crippen LogP contribution in [0.1, 0.15) is 18.4 Å². The van der Waals surface area contributed by atoms with E-state index in [1.54, 1.807) is 4.90 Å². The smallest absolute Gasteiger partial charge is 0.239 e. The van der Waals surface area contributed by atoms with Gasteiger partial charge in [0, 0.05) is 25.7 Å². The van der Waals surface area contributed by atoms with Gasteiger partial charge in [0.25, 0.3) is 0 Å². The van der Waals surface area contributed by atoms with Crippen molar-refractivity contribution in [3.63, 3.8) is 0 Å². The Morgan fingerprint density at radius 3 is 2.67 bits per heavy atom. The Balaban J connectivity index is 2.04. The van der Waals surface area contributed by atoms with Crippen LogP contribution in [0.3, 0.4) is 0 Å². The van der Waals surface area contributed by atoms with Gasteiger partial charge in [-0.15, -0.1) is 0 Å². The van der Waals surface area contributed by atoms with Crippen LogP contribution in [0.5, 0.6) is 0 Å². The Kier molecular flexibility index (Phi) is 4.25. The lowest BCUT2D eigenvalue weighted by Gasteiger charge is -2.26. The van der Waals surface area contributed by atoms with E-state index in [0.717, 1.165) is 31.0 Å². The summed E-state index contributed by atoms with van der Waals surface area (Å²) in [5.74, 6) is 0.210. The van der Waals surface area contributed by atoms with Crippen molar-refractivity contribution < 1.29 is 4.79 Å². The highest BCUT2D eigenvalue weighted by Gasteiger charge is 2.31. The highest BCUT2D eigenvalue weighted by atomic mass is 35.5. The lowest BCUT2D eigenvalue weighted by Crippen LogP contribution is -2.42. The van der Waals surface area contributed by atoms with Gasteiger partial charge in [0.05, 0.1) is 6.04 Å².